The maximum Gasteiger partial charge on any atom is 0.236 e. The smallest absolute Gasteiger partial charge is 0.236 e. The largest absolute Gasteiger partial charge is 0.353 e. The Morgan fingerprint density at radius 2 is 1.61 bits per heavy atom. The van der Waals surface area contributed by atoms with Crippen LogP contribution in [0.15, 0.2) is 0 Å². The lowest BCUT2D eigenvalue weighted by molar-refractivity contribution is -0.122. The van der Waals surface area contributed by atoms with Gasteiger partial charge in [-0.2, -0.15) is 0 Å². The topological polar surface area (TPSA) is 58.4 Å². The summed E-state index contributed by atoms with van der Waals surface area (Å²) in [4.78, 5) is 14.0. The van der Waals surface area contributed by atoms with Gasteiger partial charge in [0.2, 0.25) is 5.91 Å². The highest BCUT2D eigenvalue weighted by molar-refractivity contribution is 5.81. The molecule has 0 bridgehead atoms. The summed E-state index contributed by atoms with van der Waals surface area (Å²) < 4.78 is 0. The fraction of sp³-hybridized carbons (Fsp3) is 0.929. The second-order valence-corrected chi connectivity index (χ2v) is 6.23. The van der Waals surface area contributed by atoms with Gasteiger partial charge in [0.1, 0.15) is 0 Å². The average Bonchev–Trinajstić information content (AvgIpc) is 2.21. The SMILES string of the molecule is CC(C)CC(CNC(=O)[C@@H](N)CC(C)C)N(C)C. The molecule has 4 nitrogen and oxygen atoms in total. The number of rotatable bonds is 8. The monoisotopic (exact) mass is 257 g/mol. The number of nitrogens with zero attached hydrogens (tertiary/aromatic N) is 1. The Kier molecular flexibility index (Phi) is 8.20. The van der Waals surface area contributed by atoms with Gasteiger partial charge in [0, 0.05) is 12.6 Å². The number of nitrogens with two attached hydrogens (primary N) is 1. The summed E-state index contributed by atoms with van der Waals surface area (Å²) in [5.74, 6) is 1.05. The molecule has 2 atom stereocenters. The van der Waals surface area contributed by atoms with Gasteiger partial charge in [0.05, 0.1) is 6.04 Å². The van der Waals surface area contributed by atoms with Gasteiger partial charge in [-0.1, -0.05) is 27.7 Å². The Morgan fingerprint density at radius 3 is 2.00 bits per heavy atom. The average molecular weight is 257 g/mol. The van der Waals surface area contributed by atoms with E-state index < -0.39 is 0 Å². The quantitative estimate of drug-likeness (QED) is 0.692. The molecule has 0 saturated carbocycles. The van der Waals surface area contributed by atoms with Crippen LogP contribution < -0.4 is 11.1 Å². The van der Waals surface area contributed by atoms with Crippen LogP contribution in [0.2, 0.25) is 0 Å². The Morgan fingerprint density at radius 1 is 1.11 bits per heavy atom. The van der Waals surface area contributed by atoms with Crippen molar-refractivity contribution in [2.45, 2.75) is 52.6 Å². The number of carbonyl (C=O) groups excluding carboxylic acids is 1. The molecule has 0 saturated heterocycles. The van der Waals surface area contributed by atoms with Gasteiger partial charge in [0.25, 0.3) is 0 Å². The minimum Gasteiger partial charge on any atom is -0.353 e. The Bertz CT molecular complexity index is 239. The molecular weight excluding hydrogens is 226 g/mol. The van der Waals surface area contributed by atoms with Crippen LogP contribution in [-0.4, -0.2) is 43.5 Å². The first kappa shape index (κ1) is 17.4. The molecule has 1 unspecified atom stereocenters. The standard InChI is InChI=1S/C14H31N3O/c1-10(2)7-12(17(5)6)9-16-14(18)13(15)8-11(3)4/h10-13H,7-9,15H2,1-6H3,(H,16,18)/t12?,13-/m0/s1. The number of amides is 1. The number of nitrogens with one attached hydrogen (secondary N) is 1. The molecule has 0 aliphatic rings. The second-order valence-electron chi connectivity index (χ2n) is 6.23. The van der Waals surface area contributed by atoms with Crippen molar-refractivity contribution >= 4 is 5.91 Å². The van der Waals surface area contributed by atoms with E-state index in [1.807, 2.05) is 14.1 Å². The van der Waals surface area contributed by atoms with Crippen LogP contribution in [0.1, 0.15) is 40.5 Å². The Hall–Kier alpha value is -0.610. The van der Waals surface area contributed by atoms with Crippen molar-refractivity contribution < 1.29 is 4.79 Å². The van der Waals surface area contributed by atoms with Crippen molar-refractivity contribution in [3.63, 3.8) is 0 Å². The van der Waals surface area contributed by atoms with E-state index >= 15 is 0 Å². The summed E-state index contributed by atoms with van der Waals surface area (Å²) in [6, 6.07) is -0.00735. The predicted octanol–water partition coefficient (Wildman–Crippen LogP) is 1.45. The van der Waals surface area contributed by atoms with Crippen LogP contribution in [-0.2, 0) is 4.79 Å². The summed E-state index contributed by atoms with van der Waals surface area (Å²) in [5, 5.41) is 2.97. The molecule has 3 N–H and O–H groups in total. The lowest BCUT2D eigenvalue weighted by atomic mass is 10.0. The molecule has 0 aromatic carbocycles. The van der Waals surface area contributed by atoms with Gasteiger partial charge in [-0.25, -0.2) is 0 Å². The van der Waals surface area contributed by atoms with Crippen molar-refractivity contribution in [2.75, 3.05) is 20.6 Å². The van der Waals surface area contributed by atoms with Crippen LogP contribution >= 0.6 is 0 Å². The summed E-state index contributed by atoms with van der Waals surface area (Å²) in [7, 11) is 4.10. The number of hydrogen-bond donors (Lipinski definition) is 2. The van der Waals surface area contributed by atoms with E-state index in [1.165, 1.54) is 0 Å². The summed E-state index contributed by atoms with van der Waals surface area (Å²) in [6.07, 6.45) is 1.81. The normalized spacial score (nSPS) is 15.2. The highest BCUT2D eigenvalue weighted by Gasteiger charge is 2.18. The van der Waals surface area contributed by atoms with Crippen LogP contribution in [0.4, 0.5) is 0 Å². The molecule has 0 aromatic heterocycles. The molecule has 0 aliphatic heterocycles. The van der Waals surface area contributed by atoms with Gasteiger partial charge in [0.15, 0.2) is 0 Å². The van der Waals surface area contributed by atoms with E-state index in [0.29, 0.717) is 24.4 Å². The number of likely N-dealkylation sites (N-methyl/N-ethyl adjacent to an activating group) is 1. The number of carbonyl (C=O) groups is 1. The Labute approximate surface area is 112 Å². The highest BCUT2D eigenvalue weighted by atomic mass is 16.2. The molecule has 108 valence electrons. The second kappa shape index (κ2) is 8.48. The lowest BCUT2D eigenvalue weighted by Crippen LogP contribution is -2.47. The molecule has 0 fully saturated rings. The van der Waals surface area contributed by atoms with Crippen molar-refractivity contribution in [1.82, 2.24) is 10.2 Å². The summed E-state index contributed by atoms with van der Waals surface area (Å²) >= 11 is 0. The highest BCUT2D eigenvalue weighted by Crippen LogP contribution is 2.08. The molecule has 0 radical (unpaired) electrons. The summed E-state index contributed by atoms with van der Waals surface area (Å²) in [6.45, 7) is 9.23. The van der Waals surface area contributed by atoms with Crippen LogP contribution in [0.5, 0.6) is 0 Å². The van der Waals surface area contributed by atoms with E-state index in [2.05, 4.69) is 37.9 Å². The molecule has 0 aliphatic carbocycles. The first-order valence-electron chi connectivity index (χ1n) is 6.93. The molecule has 4 heteroatoms. The Balaban J connectivity index is 4.14. The lowest BCUT2D eigenvalue weighted by Gasteiger charge is -2.27. The van der Waals surface area contributed by atoms with Crippen LogP contribution in [0.3, 0.4) is 0 Å². The van der Waals surface area contributed by atoms with Crippen molar-refractivity contribution in [3.8, 4) is 0 Å². The fourth-order valence-corrected chi connectivity index (χ4v) is 1.99. The minimum absolute atomic E-state index is 0.0284. The van der Waals surface area contributed by atoms with Gasteiger partial charge in [-0.3, -0.25) is 4.79 Å². The molecule has 0 aromatic rings. The zero-order valence-electron chi connectivity index (χ0n) is 12.9. The third-order valence-electron chi connectivity index (χ3n) is 3.05. The maximum absolute atomic E-state index is 11.8. The molecule has 0 rings (SSSR count). The van der Waals surface area contributed by atoms with Crippen LogP contribution in [0.25, 0.3) is 0 Å². The van der Waals surface area contributed by atoms with E-state index in [4.69, 9.17) is 5.73 Å². The molecule has 0 spiro atoms. The van der Waals surface area contributed by atoms with Gasteiger partial charge >= 0.3 is 0 Å². The third-order valence-corrected chi connectivity index (χ3v) is 3.05. The molecule has 1 amide bonds. The van der Waals surface area contributed by atoms with Gasteiger partial charge < -0.3 is 16.0 Å². The fourth-order valence-electron chi connectivity index (χ4n) is 1.99. The first-order valence-corrected chi connectivity index (χ1v) is 6.93. The van der Waals surface area contributed by atoms with E-state index in [-0.39, 0.29) is 11.9 Å². The number of hydrogen-bond acceptors (Lipinski definition) is 3. The van der Waals surface area contributed by atoms with E-state index in [1.54, 1.807) is 0 Å². The predicted molar refractivity (Wildman–Crippen MR) is 77.4 cm³/mol. The zero-order valence-corrected chi connectivity index (χ0v) is 12.9. The minimum atomic E-state index is -0.383. The maximum atomic E-state index is 11.8. The summed E-state index contributed by atoms with van der Waals surface area (Å²) in [5.41, 5.74) is 5.86. The molecular formula is C14H31N3O. The van der Waals surface area contributed by atoms with Crippen molar-refractivity contribution in [2.24, 2.45) is 17.6 Å². The van der Waals surface area contributed by atoms with Gasteiger partial charge in [-0.15, -0.1) is 0 Å². The van der Waals surface area contributed by atoms with Crippen LogP contribution in [0, 0.1) is 11.8 Å². The third kappa shape index (κ3) is 7.67. The van der Waals surface area contributed by atoms with Crippen molar-refractivity contribution in [3.05, 3.63) is 0 Å². The van der Waals surface area contributed by atoms with E-state index in [9.17, 15) is 4.79 Å². The molecule has 18 heavy (non-hydrogen) atoms. The first-order chi connectivity index (χ1) is 8.23. The van der Waals surface area contributed by atoms with E-state index in [0.717, 1.165) is 12.8 Å². The van der Waals surface area contributed by atoms with Crippen molar-refractivity contribution in [1.29, 1.82) is 0 Å². The molecule has 0 heterocycles. The van der Waals surface area contributed by atoms with Gasteiger partial charge in [-0.05, 0) is 38.8 Å². The zero-order chi connectivity index (χ0) is 14.3.